The van der Waals surface area contributed by atoms with Gasteiger partial charge in [-0.05, 0) is 56.0 Å². The molecule has 2 amide bonds. The first kappa shape index (κ1) is 31.3. The number of carbonyl (C=O) groups excluding carboxylic acids is 2. The summed E-state index contributed by atoms with van der Waals surface area (Å²) in [5, 5.41) is 5.94. The van der Waals surface area contributed by atoms with E-state index in [4.69, 9.17) is 19.0 Å². The van der Waals surface area contributed by atoms with E-state index < -0.39 is 32.3 Å². The van der Waals surface area contributed by atoms with Crippen molar-refractivity contribution < 1.29 is 42.0 Å². The van der Waals surface area contributed by atoms with Crippen molar-refractivity contribution in [2.75, 3.05) is 35.8 Å². The number of benzene rings is 2. The predicted octanol–water partition coefficient (Wildman–Crippen LogP) is 4.13. The van der Waals surface area contributed by atoms with Crippen LogP contribution in [0.15, 0.2) is 54.7 Å². The molecular weight excluding hydrogens is 601 g/mol. The van der Waals surface area contributed by atoms with Crippen molar-refractivity contribution in [2.45, 2.75) is 43.8 Å². The number of ether oxygens (including phenoxy) is 1. The fourth-order valence-corrected chi connectivity index (χ4v) is 5.81. The highest BCUT2D eigenvalue weighted by Gasteiger charge is 2.47. The first-order chi connectivity index (χ1) is 20.8. The van der Waals surface area contributed by atoms with Crippen molar-refractivity contribution in [3.8, 4) is 5.75 Å². The lowest BCUT2D eigenvalue weighted by Crippen LogP contribution is -2.45. The summed E-state index contributed by atoms with van der Waals surface area (Å²) >= 11 is 0. The van der Waals surface area contributed by atoms with Gasteiger partial charge in [-0.25, -0.2) is 9.55 Å². The third kappa shape index (κ3) is 6.97. The number of rotatable bonds is 8. The molecular formula is C28H31F2N6O7P. The van der Waals surface area contributed by atoms with E-state index in [1.165, 1.54) is 31.3 Å². The van der Waals surface area contributed by atoms with Crippen LogP contribution in [-0.4, -0.2) is 70.3 Å². The van der Waals surface area contributed by atoms with Gasteiger partial charge in [0.05, 0.1) is 31.6 Å². The minimum Gasteiger partial charge on any atom is -0.495 e. The summed E-state index contributed by atoms with van der Waals surface area (Å²) in [4.78, 5) is 54.4. The number of methoxy groups -OCH3 is 1. The first-order valence-corrected chi connectivity index (χ1v) is 15.2. The molecule has 1 aromatic heterocycles. The number of phosphoric ester groups is 1. The first-order valence-electron chi connectivity index (χ1n) is 13.7. The topological polar surface area (TPSA) is 166 Å². The number of phosphoric acid groups is 1. The maximum atomic E-state index is 14.9. The zero-order valence-corrected chi connectivity index (χ0v) is 24.7. The number of alkyl halides is 2. The fraction of sp³-hybridized carbons (Fsp3) is 0.357. The minimum absolute atomic E-state index is 0.0422. The lowest BCUT2D eigenvalue weighted by atomic mass is 9.93. The fourth-order valence-electron chi connectivity index (χ4n) is 5.21. The maximum Gasteiger partial charge on any atom is 0.469 e. The molecule has 1 saturated carbocycles. The molecule has 1 aliphatic carbocycles. The van der Waals surface area contributed by atoms with Crippen LogP contribution in [0.4, 0.5) is 37.6 Å². The zero-order chi connectivity index (χ0) is 31.6. The van der Waals surface area contributed by atoms with Gasteiger partial charge in [0.15, 0.2) is 5.82 Å². The number of carbonyl (C=O) groups is 2. The lowest BCUT2D eigenvalue weighted by Gasteiger charge is -2.29. The molecule has 5 rings (SSSR count). The SMILES string of the molecule is COc1cc(C(=O)NC2CCC(OP(=O)(O)O)CC2)ccc1Nc1ncc2c(n1)N(c1ccccc1)CC(F)(F)C(=O)N2C. The van der Waals surface area contributed by atoms with E-state index in [0.717, 1.165) is 4.90 Å². The molecule has 13 nitrogen and oxygen atoms in total. The van der Waals surface area contributed by atoms with E-state index in [1.807, 2.05) is 0 Å². The number of anilines is 5. The normalized spacial score (nSPS) is 20.0. The summed E-state index contributed by atoms with van der Waals surface area (Å²) in [6, 6.07) is 12.9. The van der Waals surface area contributed by atoms with Crippen molar-refractivity contribution >= 4 is 48.5 Å². The van der Waals surface area contributed by atoms with Gasteiger partial charge >= 0.3 is 13.7 Å². The molecule has 0 radical (unpaired) electrons. The van der Waals surface area contributed by atoms with E-state index in [0.29, 0.717) is 42.6 Å². The van der Waals surface area contributed by atoms with Gasteiger partial charge in [-0.15, -0.1) is 0 Å². The molecule has 0 unspecified atom stereocenters. The summed E-state index contributed by atoms with van der Waals surface area (Å²) in [5.41, 5.74) is 1.22. The summed E-state index contributed by atoms with van der Waals surface area (Å²) in [6.45, 7) is -0.922. The number of hydrogen-bond donors (Lipinski definition) is 4. The molecule has 4 N–H and O–H groups in total. The number of nitrogens with one attached hydrogen (secondary N) is 2. The average Bonchev–Trinajstić information content (AvgIpc) is 3.06. The van der Waals surface area contributed by atoms with Crippen LogP contribution in [-0.2, 0) is 13.9 Å². The zero-order valence-electron chi connectivity index (χ0n) is 23.8. The molecule has 234 valence electrons. The molecule has 0 atom stereocenters. The minimum atomic E-state index is -4.57. The van der Waals surface area contributed by atoms with E-state index in [2.05, 4.69) is 20.6 Å². The number of halogens is 2. The van der Waals surface area contributed by atoms with Gasteiger partial charge in [0.2, 0.25) is 5.95 Å². The molecule has 0 spiro atoms. The summed E-state index contributed by atoms with van der Waals surface area (Å²) in [5.74, 6) is -5.00. The standard InChI is InChI=1S/C28H31F2N6O7P/c1-35-22-15-31-27(34-24(22)36(16-28(29,30)26(35)38)19-6-4-3-5-7-19)33-21-13-8-17(14-23(21)42-2)25(37)32-18-9-11-20(12-10-18)43-44(39,40)41/h3-8,13-15,18,20H,9-12,16H2,1-2H3,(H,32,37)(H,31,33,34)(H2,39,40,41). The van der Waals surface area contributed by atoms with Crippen molar-refractivity contribution in [1.29, 1.82) is 0 Å². The number of para-hydroxylation sites is 1. The Hall–Kier alpha value is -4.17. The van der Waals surface area contributed by atoms with Crippen LogP contribution >= 0.6 is 7.82 Å². The van der Waals surface area contributed by atoms with E-state index >= 15 is 0 Å². The molecule has 2 aliphatic rings. The Labute approximate surface area is 251 Å². The average molecular weight is 633 g/mol. The van der Waals surface area contributed by atoms with Gasteiger partial charge in [-0.1, -0.05) is 18.2 Å². The third-order valence-electron chi connectivity index (χ3n) is 7.42. The van der Waals surface area contributed by atoms with Gasteiger partial charge in [0.25, 0.3) is 11.8 Å². The Morgan fingerprint density at radius 2 is 1.82 bits per heavy atom. The maximum absolute atomic E-state index is 14.9. The van der Waals surface area contributed by atoms with Gasteiger partial charge < -0.3 is 35.0 Å². The van der Waals surface area contributed by atoms with Crippen LogP contribution in [0.2, 0.25) is 0 Å². The van der Waals surface area contributed by atoms with Crippen LogP contribution in [0.5, 0.6) is 5.75 Å². The second-order valence-electron chi connectivity index (χ2n) is 10.5. The van der Waals surface area contributed by atoms with Crippen LogP contribution < -0.4 is 25.2 Å². The van der Waals surface area contributed by atoms with Gasteiger partial charge in [0, 0.05) is 24.3 Å². The summed E-state index contributed by atoms with van der Waals surface area (Å²) < 4.78 is 51.1. The van der Waals surface area contributed by atoms with Gasteiger partial charge in [-0.2, -0.15) is 13.8 Å². The number of hydrogen-bond acceptors (Lipinski definition) is 9. The molecule has 1 fully saturated rings. The van der Waals surface area contributed by atoms with Crippen LogP contribution in [0.1, 0.15) is 36.0 Å². The summed E-state index contributed by atoms with van der Waals surface area (Å²) in [6.07, 6.45) is 2.50. The lowest BCUT2D eigenvalue weighted by molar-refractivity contribution is -0.140. The van der Waals surface area contributed by atoms with E-state index in [9.17, 15) is 22.9 Å². The number of nitrogens with zero attached hydrogens (tertiary/aromatic N) is 4. The highest BCUT2D eigenvalue weighted by molar-refractivity contribution is 7.46. The molecule has 0 saturated heterocycles. The Balaban J connectivity index is 1.34. The van der Waals surface area contributed by atoms with Crippen molar-refractivity contribution in [2.24, 2.45) is 0 Å². The highest BCUT2D eigenvalue weighted by Crippen LogP contribution is 2.42. The quantitative estimate of drug-likeness (QED) is 0.264. The van der Waals surface area contributed by atoms with Crippen LogP contribution in [0.25, 0.3) is 0 Å². The Bertz CT molecular complexity index is 1580. The highest BCUT2D eigenvalue weighted by atomic mass is 31.2. The predicted molar refractivity (Wildman–Crippen MR) is 157 cm³/mol. The second-order valence-corrected chi connectivity index (χ2v) is 11.7. The monoisotopic (exact) mass is 632 g/mol. The smallest absolute Gasteiger partial charge is 0.469 e. The Morgan fingerprint density at radius 1 is 1.11 bits per heavy atom. The van der Waals surface area contributed by atoms with Crippen molar-refractivity contribution in [1.82, 2.24) is 15.3 Å². The molecule has 1 aliphatic heterocycles. The molecule has 44 heavy (non-hydrogen) atoms. The van der Waals surface area contributed by atoms with Crippen LogP contribution in [0, 0.1) is 0 Å². The Morgan fingerprint density at radius 3 is 2.48 bits per heavy atom. The van der Waals surface area contributed by atoms with Crippen molar-refractivity contribution in [3.05, 3.63) is 60.3 Å². The number of fused-ring (bicyclic) bond motifs is 1. The molecule has 3 aromatic rings. The molecule has 2 heterocycles. The van der Waals surface area contributed by atoms with Gasteiger partial charge in [-0.3, -0.25) is 14.1 Å². The summed E-state index contributed by atoms with van der Waals surface area (Å²) in [7, 11) is -1.91. The Kier molecular flexibility index (Phi) is 8.84. The van der Waals surface area contributed by atoms with E-state index in [1.54, 1.807) is 42.5 Å². The third-order valence-corrected chi connectivity index (χ3v) is 7.99. The molecule has 0 bridgehead atoms. The second kappa shape index (κ2) is 12.4. The molecule has 2 aromatic carbocycles. The van der Waals surface area contributed by atoms with Gasteiger partial charge in [0.1, 0.15) is 11.4 Å². The largest absolute Gasteiger partial charge is 0.495 e. The number of amides is 2. The van der Waals surface area contributed by atoms with Crippen LogP contribution in [0.3, 0.4) is 0 Å². The number of aromatic nitrogens is 2. The van der Waals surface area contributed by atoms with Crippen molar-refractivity contribution in [3.63, 3.8) is 0 Å². The van der Waals surface area contributed by atoms with E-state index in [-0.39, 0.29) is 35.2 Å². The molecule has 16 heteroatoms.